The van der Waals surface area contributed by atoms with Crippen molar-refractivity contribution in [1.29, 1.82) is 0 Å². The van der Waals surface area contributed by atoms with Gasteiger partial charge in [0.1, 0.15) is 5.75 Å². The number of anilines is 1. The lowest BCUT2D eigenvalue weighted by Gasteiger charge is -2.25. The second-order valence-electron chi connectivity index (χ2n) is 9.26. The highest BCUT2D eigenvalue weighted by atomic mass is 32.1. The summed E-state index contributed by atoms with van der Waals surface area (Å²) in [6, 6.07) is 9.74. The van der Waals surface area contributed by atoms with Crippen LogP contribution >= 0.6 is 22.7 Å². The van der Waals surface area contributed by atoms with Crippen LogP contribution in [0.4, 0.5) is 5.13 Å². The van der Waals surface area contributed by atoms with E-state index in [1.54, 1.807) is 44.4 Å². The van der Waals surface area contributed by atoms with Gasteiger partial charge in [0, 0.05) is 0 Å². The number of aliphatic hydroxyl groups is 1. The quantitative estimate of drug-likeness (QED) is 0.171. The molecule has 3 heterocycles. The number of methoxy groups -OCH3 is 2. The lowest BCUT2D eigenvalue weighted by atomic mass is 9.95. The van der Waals surface area contributed by atoms with E-state index in [2.05, 4.69) is 16.9 Å². The third-order valence-corrected chi connectivity index (χ3v) is 8.70. The summed E-state index contributed by atoms with van der Waals surface area (Å²) in [5.41, 5.74) is 1.74. The fourth-order valence-electron chi connectivity index (χ4n) is 4.64. The Morgan fingerprint density at radius 3 is 2.52 bits per heavy atom. The van der Waals surface area contributed by atoms with Crippen molar-refractivity contribution in [2.75, 3.05) is 25.7 Å². The molecule has 208 valence electrons. The van der Waals surface area contributed by atoms with Crippen LogP contribution in [0.2, 0.25) is 0 Å². The molecule has 0 saturated heterocycles. The van der Waals surface area contributed by atoms with E-state index in [9.17, 15) is 14.7 Å². The van der Waals surface area contributed by atoms with E-state index in [0.29, 0.717) is 55.6 Å². The van der Waals surface area contributed by atoms with Crippen molar-refractivity contribution in [3.05, 3.63) is 68.9 Å². The zero-order chi connectivity index (χ0) is 28.6. The molecule has 0 aliphatic carbocycles. The summed E-state index contributed by atoms with van der Waals surface area (Å²) in [7, 11) is 3.11. The molecule has 1 aliphatic rings. The number of carbonyl (C=O) groups excluding carboxylic acids is 2. The van der Waals surface area contributed by atoms with Gasteiger partial charge in [-0.3, -0.25) is 14.5 Å². The molecule has 1 N–H and O–H groups in total. The summed E-state index contributed by atoms with van der Waals surface area (Å²) in [6.45, 7) is 6.16. The number of fused-ring (bicyclic) bond motifs is 1. The summed E-state index contributed by atoms with van der Waals surface area (Å²) in [5, 5.41) is 12.2. The van der Waals surface area contributed by atoms with Gasteiger partial charge in [-0.25, -0.2) is 9.97 Å². The van der Waals surface area contributed by atoms with Crippen LogP contribution in [-0.2, 0) is 4.79 Å². The van der Waals surface area contributed by atoms with Crippen molar-refractivity contribution in [2.24, 2.45) is 0 Å². The van der Waals surface area contributed by atoms with Gasteiger partial charge in [-0.1, -0.05) is 30.7 Å². The average Bonchev–Trinajstić information content (AvgIpc) is 3.60. The molecule has 2 aromatic carbocycles. The number of hydrogen-bond donors (Lipinski definition) is 1. The Kier molecular flexibility index (Phi) is 7.77. The van der Waals surface area contributed by atoms with Gasteiger partial charge in [0.15, 0.2) is 22.4 Å². The van der Waals surface area contributed by atoms with Crippen LogP contribution < -0.4 is 19.1 Å². The zero-order valence-corrected chi connectivity index (χ0v) is 24.4. The van der Waals surface area contributed by atoms with Crippen LogP contribution in [0.5, 0.6) is 17.2 Å². The predicted octanol–water partition coefficient (Wildman–Crippen LogP) is 6.35. The van der Waals surface area contributed by atoms with Crippen molar-refractivity contribution in [1.82, 2.24) is 9.97 Å². The molecule has 1 atom stereocenters. The van der Waals surface area contributed by atoms with Crippen molar-refractivity contribution >= 4 is 49.7 Å². The molecule has 1 aliphatic heterocycles. The van der Waals surface area contributed by atoms with Crippen LogP contribution in [0.1, 0.15) is 51.7 Å². The van der Waals surface area contributed by atoms with Gasteiger partial charge in [-0.15, -0.1) is 11.3 Å². The van der Waals surface area contributed by atoms with Gasteiger partial charge >= 0.3 is 0 Å². The van der Waals surface area contributed by atoms with Gasteiger partial charge in [-0.2, -0.15) is 0 Å². The first-order valence-corrected chi connectivity index (χ1v) is 14.4. The largest absolute Gasteiger partial charge is 0.503 e. The third kappa shape index (κ3) is 4.90. The number of nitrogens with zero attached hydrogens (tertiary/aromatic N) is 3. The number of aromatic nitrogens is 2. The Hall–Kier alpha value is -3.96. The minimum Gasteiger partial charge on any atom is -0.503 e. The van der Waals surface area contributed by atoms with E-state index < -0.39 is 23.5 Å². The van der Waals surface area contributed by atoms with Gasteiger partial charge < -0.3 is 19.3 Å². The predicted molar refractivity (Wildman–Crippen MR) is 155 cm³/mol. The Morgan fingerprint density at radius 2 is 1.85 bits per heavy atom. The Bertz CT molecular complexity index is 1640. The number of aryl methyl sites for hydroxylation is 2. The number of amides is 1. The van der Waals surface area contributed by atoms with Crippen molar-refractivity contribution in [3.8, 4) is 17.2 Å². The van der Waals surface area contributed by atoms with E-state index in [0.717, 1.165) is 17.5 Å². The monoisotopic (exact) mass is 579 g/mol. The molecule has 4 aromatic rings. The topological polar surface area (TPSA) is 111 Å². The van der Waals surface area contributed by atoms with Gasteiger partial charge in [0.25, 0.3) is 5.91 Å². The Morgan fingerprint density at radius 1 is 1.05 bits per heavy atom. The fraction of sp³-hybridized carbons (Fsp3) is 0.310. The van der Waals surface area contributed by atoms with Crippen LogP contribution in [0, 0.1) is 13.8 Å². The highest BCUT2D eigenvalue weighted by molar-refractivity contribution is 7.22. The van der Waals surface area contributed by atoms with Crippen LogP contribution in [-0.4, -0.2) is 47.6 Å². The highest BCUT2D eigenvalue weighted by Crippen LogP contribution is 2.46. The van der Waals surface area contributed by atoms with Gasteiger partial charge in [-0.05, 0) is 56.2 Å². The summed E-state index contributed by atoms with van der Waals surface area (Å²) in [4.78, 5) is 38.4. The molecule has 0 radical (unpaired) electrons. The first-order chi connectivity index (χ1) is 19.3. The molecule has 0 bridgehead atoms. The number of rotatable bonds is 10. The molecule has 0 saturated carbocycles. The lowest BCUT2D eigenvalue weighted by molar-refractivity contribution is -0.117. The number of hydrogen-bond acceptors (Lipinski definition) is 10. The van der Waals surface area contributed by atoms with E-state index in [-0.39, 0.29) is 5.57 Å². The highest BCUT2D eigenvalue weighted by Gasteiger charge is 2.46. The molecular weight excluding hydrogens is 550 g/mol. The number of Topliss-reactive ketones (excluding diaryl/α,β-unsaturated/α-hetero) is 1. The fourth-order valence-corrected chi connectivity index (χ4v) is 6.53. The molecule has 1 amide bonds. The Labute approximate surface area is 239 Å². The smallest absolute Gasteiger partial charge is 0.296 e. The molecule has 0 fully saturated rings. The molecule has 5 rings (SSSR count). The van der Waals surface area contributed by atoms with Crippen LogP contribution in [0.15, 0.2) is 47.7 Å². The summed E-state index contributed by atoms with van der Waals surface area (Å²) in [5.74, 6) is -0.106. The van der Waals surface area contributed by atoms with E-state index in [1.165, 1.54) is 34.7 Å². The third-order valence-electron chi connectivity index (χ3n) is 6.61. The van der Waals surface area contributed by atoms with Crippen molar-refractivity contribution in [3.63, 3.8) is 0 Å². The van der Waals surface area contributed by atoms with E-state index in [4.69, 9.17) is 14.2 Å². The van der Waals surface area contributed by atoms with E-state index in [1.807, 2.05) is 13.0 Å². The maximum absolute atomic E-state index is 13.9. The van der Waals surface area contributed by atoms with Crippen LogP contribution in [0.25, 0.3) is 10.2 Å². The normalized spacial score (nSPS) is 15.3. The molecule has 9 nitrogen and oxygen atoms in total. The second kappa shape index (κ2) is 11.3. The molecule has 40 heavy (non-hydrogen) atoms. The number of ketones is 1. The minimum atomic E-state index is -0.956. The SMILES string of the molecule is CCCCOc1ccc(C2C(C(=O)c3sc(C)nc3C)=C(O)C(=O)N2c2nc3ccc(OC)cc3s2)cc1OC. The standard InChI is InChI=1S/C29H29N3O6S2/c1-6-7-12-38-20-11-8-17(13-21(20)37-5)24-23(25(33)27-15(2)30-16(3)39-27)26(34)28(35)32(24)29-31-19-10-9-18(36-4)14-22(19)40-29/h8-11,13-14,24,34H,6-7,12H2,1-5H3. The molecule has 11 heteroatoms. The second-order valence-corrected chi connectivity index (χ2v) is 11.5. The number of aliphatic hydroxyl groups excluding tert-OH is 1. The van der Waals surface area contributed by atoms with E-state index >= 15 is 0 Å². The maximum Gasteiger partial charge on any atom is 0.296 e. The number of ether oxygens (including phenoxy) is 3. The number of carbonyl (C=O) groups is 2. The number of thiazole rings is 2. The molecular formula is C29H29N3O6S2. The molecule has 2 aromatic heterocycles. The van der Waals surface area contributed by atoms with Crippen molar-refractivity contribution in [2.45, 2.75) is 39.7 Å². The summed E-state index contributed by atoms with van der Waals surface area (Å²) >= 11 is 2.50. The summed E-state index contributed by atoms with van der Waals surface area (Å²) < 4.78 is 17.7. The first-order valence-electron chi connectivity index (χ1n) is 12.8. The van der Waals surface area contributed by atoms with Crippen LogP contribution in [0.3, 0.4) is 0 Å². The average molecular weight is 580 g/mol. The molecule has 1 unspecified atom stereocenters. The Balaban J connectivity index is 1.65. The lowest BCUT2D eigenvalue weighted by Crippen LogP contribution is -2.31. The zero-order valence-electron chi connectivity index (χ0n) is 22.8. The molecule has 0 spiro atoms. The maximum atomic E-state index is 13.9. The first kappa shape index (κ1) is 27.6. The number of unbranched alkanes of at least 4 members (excludes halogenated alkanes) is 1. The van der Waals surface area contributed by atoms with Crippen molar-refractivity contribution < 1.29 is 28.9 Å². The summed E-state index contributed by atoms with van der Waals surface area (Å²) in [6.07, 6.45) is 1.88. The van der Waals surface area contributed by atoms with Gasteiger partial charge in [0.2, 0.25) is 5.78 Å². The van der Waals surface area contributed by atoms with Gasteiger partial charge in [0.05, 0.1) is 58.2 Å². The number of benzene rings is 2. The minimum absolute atomic E-state index is 0.0321.